The van der Waals surface area contributed by atoms with E-state index >= 15 is 0 Å². The Morgan fingerprint density at radius 2 is 1.69 bits per heavy atom. The summed E-state index contributed by atoms with van der Waals surface area (Å²) in [6.45, 7) is 6.08. The molecule has 2 aliphatic rings. The lowest BCUT2D eigenvalue weighted by molar-refractivity contribution is -1.01. The average molecular weight is 392 g/mol. The van der Waals surface area contributed by atoms with Gasteiger partial charge < -0.3 is 15.1 Å². The van der Waals surface area contributed by atoms with Crippen LogP contribution in [-0.4, -0.2) is 45.2 Å². The Bertz CT molecular complexity index is 825. The summed E-state index contributed by atoms with van der Waals surface area (Å²) in [6.07, 6.45) is 7.85. The molecule has 0 aromatic heterocycles. The number of rotatable bonds is 6. The Hall–Kier alpha value is -2.43. The van der Waals surface area contributed by atoms with Gasteiger partial charge in [-0.3, -0.25) is 4.79 Å². The van der Waals surface area contributed by atoms with Gasteiger partial charge in [0.1, 0.15) is 26.2 Å². The number of amides is 1. The number of carbonyl (C=O) groups is 1. The molecule has 1 heterocycles. The van der Waals surface area contributed by atoms with Crippen LogP contribution in [0.1, 0.15) is 35.6 Å². The van der Waals surface area contributed by atoms with Crippen LogP contribution in [0.2, 0.25) is 0 Å². The van der Waals surface area contributed by atoms with Gasteiger partial charge in [-0.25, -0.2) is 0 Å². The largest absolute Gasteiger partial charge is 0.344 e. The standard InChI is InChI=1S/C25H31N3O/c29-25(26-24-14-6-12-22-11-4-5-13-23(22)24)20-28-18-16-27(17-19-28)15-7-10-21-8-2-1-3-9-21/h1-5,7-11,13,24H,6,12,14-20H2,(H,26,29)/p+2/b10-7+/t24-/m0/s1. The van der Waals surface area contributed by atoms with E-state index in [9.17, 15) is 4.79 Å². The molecule has 0 spiro atoms. The van der Waals surface area contributed by atoms with Crippen LogP contribution in [0.15, 0.2) is 60.7 Å². The van der Waals surface area contributed by atoms with Gasteiger partial charge in [0.2, 0.25) is 0 Å². The maximum atomic E-state index is 12.6. The lowest BCUT2D eigenvalue weighted by Crippen LogP contribution is -3.28. The number of carbonyl (C=O) groups excluding carboxylic acids is 1. The highest BCUT2D eigenvalue weighted by Gasteiger charge is 2.26. The summed E-state index contributed by atoms with van der Waals surface area (Å²) in [5.74, 6) is 0.203. The minimum absolute atomic E-state index is 0.196. The van der Waals surface area contributed by atoms with E-state index in [1.165, 1.54) is 21.6 Å². The quantitative estimate of drug-likeness (QED) is 0.666. The van der Waals surface area contributed by atoms with Crippen LogP contribution in [-0.2, 0) is 11.2 Å². The molecule has 4 rings (SSSR count). The van der Waals surface area contributed by atoms with Gasteiger partial charge in [0.25, 0.3) is 5.91 Å². The van der Waals surface area contributed by atoms with Gasteiger partial charge in [-0.1, -0.05) is 60.7 Å². The number of nitrogens with one attached hydrogen (secondary N) is 3. The predicted octanol–water partition coefficient (Wildman–Crippen LogP) is 0.677. The monoisotopic (exact) mass is 391 g/mol. The molecule has 1 atom stereocenters. The van der Waals surface area contributed by atoms with Gasteiger partial charge in [-0.15, -0.1) is 0 Å². The molecule has 2 aromatic carbocycles. The molecular weight excluding hydrogens is 358 g/mol. The van der Waals surface area contributed by atoms with Gasteiger partial charge in [0.05, 0.1) is 12.6 Å². The number of hydrogen-bond donors (Lipinski definition) is 3. The predicted molar refractivity (Wildman–Crippen MR) is 117 cm³/mol. The molecule has 4 nitrogen and oxygen atoms in total. The van der Waals surface area contributed by atoms with Crippen molar-refractivity contribution >= 4 is 12.0 Å². The first-order valence-electron chi connectivity index (χ1n) is 11.0. The molecule has 152 valence electrons. The van der Waals surface area contributed by atoms with Crippen LogP contribution in [0.25, 0.3) is 6.08 Å². The average Bonchev–Trinajstić information content (AvgIpc) is 2.76. The fourth-order valence-electron chi connectivity index (χ4n) is 4.64. The molecule has 0 radical (unpaired) electrons. The second-order valence-corrected chi connectivity index (χ2v) is 8.41. The fraction of sp³-hybridized carbons (Fsp3) is 0.400. The minimum atomic E-state index is 0.196. The Morgan fingerprint density at radius 1 is 0.966 bits per heavy atom. The summed E-state index contributed by atoms with van der Waals surface area (Å²) in [6, 6.07) is 19.2. The molecule has 2 aromatic rings. The highest BCUT2D eigenvalue weighted by molar-refractivity contribution is 5.77. The van der Waals surface area contributed by atoms with Gasteiger partial charge in [-0.2, -0.15) is 0 Å². The number of aryl methyl sites for hydroxylation is 1. The number of piperazine rings is 1. The molecule has 1 aliphatic carbocycles. The number of quaternary nitrogens is 2. The van der Waals surface area contributed by atoms with Gasteiger partial charge in [-0.05, 0) is 42.0 Å². The van der Waals surface area contributed by atoms with Crippen molar-refractivity contribution in [3.8, 4) is 0 Å². The molecule has 1 saturated heterocycles. The Morgan fingerprint density at radius 3 is 2.52 bits per heavy atom. The second kappa shape index (κ2) is 9.86. The lowest BCUT2D eigenvalue weighted by atomic mass is 9.88. The Balaban J connectivity index is 1.20. The van der Waals surface area contributed by atoms with Gasteiger partial charge in [0.15, 0.2) is 6.54 Å². The van der Waals surface area contributed by atoms with Crippen molar-refractivity contribution in [3.05, 3.63) is 77.4 Å². The van der Waals surface area contributed by atoms with Crippen molar-refractivity contribution < 1.29 is 14.6 Å². The van der Waals surface area contributed by atoms with E-state index in [1.807, 2.05) is 6.07 Å². The maximum absolute atomic E-state index is 12.6. The molecule has 1 aliphatic heterocycles. The summed E-state index contributed by atoms with van der Waals surface area (Å²) >= 11 is 0. The third kappa shape index (κ3) is 5.55. The summed E-state index contributed by atoms with van der Waals surface area (Å²) in [5.41, 5.74) is 3.98. The first-order valence-corrected chi connectivity index (χ1v) is 11.0. The molecule has 0 saturated carbocycles. The van der Waals surface area contributed by atoms with E-state index in [-0.39, 0.29) is 11.9 Å². The normalized spacial score (nSPS) is 24.2. The van der Waals surface area contributed by atoms with Crippen molar-refractivity contribution in [2.24, 2.45) is 0 Å². The van der Waals surface area contributed by atoms with Crippen LogP contribution < -0.4 is 15.1 Å². The number of fused-ring (bicyclic) bond motifs is 1. The first kappa shape index (κ1) is 19.9. The van der Waals surface area contributed by atoms with Crippen molar-refractivity contribution in [1.82, 2.24) is 5.32 Å². The van der Waals surface area contributed by atoms with Crippen molar-refractivity contribution in [3.63, 3.8) is 0 Å². The van der Waals surface area contributed by atoms with Crippen molar-refractivity contribution in [2.45, 2.75) is 25.3 Å². The molecule has 1 fully saturated rings. The van der Waals surface area contributed by atoms with Crippen LogP contribution in [0.5, 0.6) is 0 Å². The van der Waals surface area contributed by atoms with Gasteiger partial charge in [0, 0.05) is 0 Å². The number of hydrogen-bond acceptors (Lipinski definition) is 1. The third-order valence-electron chi connectivity index (χ3n) is 6.30. The molecule has 29 heavy (non-hydrogen) atoms. The van der Waals surface area contributed by atoms with Crippen molar-refractivity contribution in [2.75, 3.05) is 39.3 Å². The van der Waals surface area contributed by atoms with E-state index in [4.69, 9.17) is 0 Å². The van der Waals surface area contributed by atoms with Gasteiger partial charge >= 0.3 is 0 Å². The highest BCUT2D eigenvalue weighted by atomic mass is 16.2. The van der Waals surface area contributed by atoms with Crippen molar-refractivity contribution in [1.29, 1.82) is 0 Å². The van der Waals surface area contributed by atoms with E-state index in [0.717, 1.165) is 52.0 Å². The topological polar surface area (TPSA) is 38.0 Å². The van der Waals surface area contributed by atoms with E-state index in [0.29, 0.717) is 6.54 Å². The van der Waals surface area contributed by atoms with E-state index < -0.39 is 0 Å². The zero-order valence-corrected chi connectivity index (χ0v) is 17.2. The lowest BCUT2D eigenvalue weighted by Gasteiger charge is -2.30. The maximum Gasteiger partial charge on any atom is 0.275 e. The van der Waals surface area contributed by atoms with E-state index in [1.54, 1.807) is 4.90 Å². The molecule has 0 unspecified atom stereocenters. The zero-order valence-electron chi connectivity index (χ0n) is 17.2. The zero-order chi connectivity index (χ0) is 19.9. The molecule has 4 heteroatoms. The smallest absolute Gasteiger partial charge is 0.275 e. The minimum Gasteiger partial charge on any atom is -0.344 e. The van der Waals surface area contributed by atoms with Crippen LogP contribution in [0.4, 0.5) is 0 Å². The number of benzene rings is 2. The first-order chi connectivity index (χ1) is 14.3. The van der Waals surface area contributed by atoms with E-state index in [2.05, 4.69) is 66.0 Å². The Kier molecular flexibility index (Phi) is 6.75. The molecular formula is C25H33N3O+2. The summed E-state index contributed by atoms with van der Waals surface area (Å²) in [5, 5.41) is 3.31. The van der Waals surface area contributed by atoms with Crippen LogP contribution in [0.3, 0.4) is 0 Å². The highest BCUT2D eigenvalue weighted by Crippen LogP contribution is 2.29. The summed E-state index contributed by atoms with van der Waals surface area (Å²) < 4.78 is 0. The molecule has 0 bridgehead atoms. The third-order valence-corrected chi connectivity index (χ3v) is 6.30. The summed E-state index contributed by atoms with van der Waals surface area (Å²) in [7, 11) is 0. The van der Waals surface area contributed by atoms with Crippen LogP contribution >= 0.6 is 0 Å². The molecule has 3 N–H and O–H groups in total. The fourth-order valence-corrected chi connectivity index (χ4v) is 4.64. The molecule has 1 amide bonds. The van der Waals surface area contributed by atoms with Crippen LogP contribution in [0, 0.1) is 0 Å². The SMILES string of the molecule is O=C(C[NH+]1CC[NH+](C/C=C/c2ccccc2)CC1)N[C@H]1CCCc2ccccc21. The summed E-state index contributed by atoms with van der Waals surface area (Å²) in [4.78, 5) is 15.7. The second-order valence-electron chi connectivity index (χ2n) is 8.41. The Labute approximate surface area is 174 Å².